The molecule has 2 heterocycles. The van der Waals surface area contributed by atoms with Crippen LogP contribution in [0.1, 0.15) is 24.7 Å². The van der Waals surface area contributed by atoms with Crippen LogP contribution in [0.25, 0.3) is 0 Å². The molecule has 0 unspecified atom stereocenters. The van der Waals surface area contributed by atoms with Gasteiger partial charge in [-0.15, -0.1) is 5.10 Å². The van der Waals surface area contributed by atoms with E-state index in [1.54, 1.807) is 0 Å². The first-order valence-corrected chi connectivity index (χ1v) is 9.81. The summed E-state index contributed by atoms with van der Waals surface area (Å²) in [5.41, 5.74) is 1.19. The maximum absolute atomic E-state index is 12.4. The summed E-state index contributed by atoms with van der Waals surface area (Å²) < 4.78 is 0. The maximum Gasteiger partial charge on any atom is 0.233 e. The van der Waals surface area contributed by atoms with E-state index in [4.69, 9.17) is 0 Å². The van der Waals surface area contributed by atoms with E-state index >= 15 is 0 Å². The van der Waals surface area contributed by atoms with Crippen molar-refractivity contribution < 1.29 is 4.79 Å². The van der Waals surface area contributed by atoms with Crippen LogP contribution in [0.5, 0.6) is 0 Å². The predicted molar refractivity (Wildman–Crippen MR) is 99.7 cm³/mol. The molecule has 134 valence electrons. The van der Waals surface area contributed by atoms with Gasteiger partial charge in [0.05, 0.1) is 5.75 Å². The molecule has 1 aromatic heterocycles. The zero-order valence-corrected chi connectivity index (χ0v) is 15.5. The molecule has 6 nitrogen and oxygen atoms in total. The van der Waals surface area contributed by atoms with E-state index in [1.807, 2.05) is 23.1 Å². The van der Waals surface area contributed by atoms with Gasteiger partial charge in [-0.25, -0.2) is 4.98 Å². The van der Waals surface area contributed by atoms with Crippen molar-refractivity contribution in [2.75, 3.05) is 38.5 Å². The number of nitrogens with zero attached hydrogens (tertiary/aromatic N) is 4. The Kier molecular flexibility index (Phi) is 6.47. The molecule has 1 aliphatic rings. The Morgan fingerprint density at radius 2 is 1.96 bits per heavy atom. The third-order valence-electron chi connectivity index (χ3n) is 4.32. The number of carbonyl (C=O) groups is 1. The van der Waals surface area contributed by atoms with Crippen molar-refractivity contribution in [2.24, 2.45) is 0 Å². The van der Waals surface area contributed by atoms with Crippen molar-refractivity contribution in [2.45, 2.75) is 24.9 Å². The SMILES string of the molecule is CCCN1CCN(C(=O)CSc2n[nH]c(Cc3ccccc3)n2)CC1. The van der Waals surface area contributed by atoms with E-state index in [-0.39, 0.29) is 5.91 Å². The molecule has 7 heteroatoms. The Hall–Kier alpha value is -1.86. The van der Waals surface area contributed by atoms with Gasteiger partial charge in [-0.2, -0.15) is 0 Å². The minimum Gasteiger partial charge on any atom is -0.339 e. The number of hydrogen-bond acceptors (Lipinski definition) is 5. The van der Waals surface area contributed by atoms with E-state index < -0.39 is 0 Å². The smallest absolute Gasteiger partial charge is 0.233 e. The highest BCUT2D eigenvalue weighted by Gasteiger charge is 2.21. The van der Waals surface area contributed by atoms with Gasteiger partial charge in [-0.3, -0.25) is 14.8 Å². The van der Waals surface area contributed by atoms with E-state index in [2.05, 4.69) is 39.1 Å². The van der Waals surface area contributed by atoms with Crippen LogP contribution in [-0.4, -0.2) is 69.4 Å². The van der Waals surface area contributed by atoms with E-state index in [0.29, 0.717) is 10.9 Å². The molecule has 0 bridgehead atoms. The minimum absolute atomic E-state index is 0.176. The first kappa shape index (κ1) is 17.9. The highest BCUT2D eigenvalue weighted by Crippen LogP contribution is 2.15. The van der Waals surface area contributed by atoms with Gasteiger partial charge in [-0.1, -0.05) is 49.0 Å². The molecule has 1 amide bonds. The molecule has 0 aliphatic carbocycles. The zero-order chi connectivity index (χ0) is 17.5. The number of benzene rings is 1. The molecule has 3 rings (SSSR count). The van der Waals surface area contributed by atoms with Gasteiger partial charge < -0.3 is 4.90 Å². The van der Waals surface area contributed by atoms with Crippen LogP contribution in [0.3, 0.4) is 0 Å². The topological polar surface area (TPSA) is 65.1 Å². The van der Waals surface area contributed by atoms with Gasteiger partial charge in [0, 0.05) is 32.6 Å². The summed E-state index contributed by atoms with van der Waals surface area (Å²) >= 11 is 1.41. The lowest BCUT2D eigenvalue weighted by molar-refractivity contribution is -0.130. The van der Waals surface area contributed by atoms with Crippen molar-refractivity contribution in [1.82, 2.24) is 25.0 Å². The second-order valence-electron chi connectivity index (χ2n) is 6.24. The predicted octanol–water partition coefficient (Wildman–Crippen LogP) is 2.04. The molecule has 1 aliphatic heterocycles. The second kappa shape index (κ2) is 9.01. The Balaban J connectivity index is 1.44. The molecular formula is C18H25N5OS. The molecule has 0 spiro atoms. The van der Waals surface area contributed by atoms with Crippen molar-refractivity contribution in [1.29, 1.82) is 0 Å². The van der Waals surface area contributed by atoms with Crippen molar-refractivity contribution in [3.63, 3.8) is 0 Å². The van der Waals surface area contributed by atoms with Crippen LogP contribution in [-0.2, 0) is 11.2 Å². The number of H-pyrrole nitrogens is 1. The number of piperazine rings is 1. The molecule has 1 fully saturated rings. The zero-order valence-electron chi connectivity index (χ0n) is 14.6. The van der Waals surface area contributed by atoms with Gasteiger partial charge in [0.2, 0.25) is 11.1 Å². The van der Waals surface area contributed by atoms with E-state index in [0.717, 1.165) is 45.0 Å². The van der Waals surface area contributed by atoms with Crippen LogP contribution in [0.2, 0.25) is 0 Å². The Morgan fingerprint density at radius 1 is 1.20 bits per heavy atom. The summed E-state index contributed by atoms with van der Waals surface area (Å²) in [6, 6.07) is 10.2. The number of nitrogens with one attached hydrogen (secondary N) is 1. The Morgan fingerprint density at radius 3 is 2.68 bits per heavy atom. The summed E-state index contributed by atoms with van der Waals surface area (Å²) in [5, 5.41) is 7.82. The van der Waals surface area contributed by atoms with Crippen LogP contribution >= 0.6 is 11.8 Å². The fourth-order valence-electron chi connectivity index (χ4n) is 2.97. The van der Waals surface area contributed by atoms with Gasteiger partial charge in [-0.05, 0) is 18.5 Å². The van der Waals surface area contributed by atoms with Crippen molar-refractivity contribution in [3.8, 4) is 0 Å². The Bertz CT molecular complexity index is 667. The Labute approximate surface area is 153 Å². The summed E-state index contributed by atoms with van der Waals surface area (Å²) in [6.45, 7) is 6.92. The van der Waals surface area contributed by atoms with Gasteiger partial charge >= 0.3 is 0 Å². The monoisotopic (exact) mass is 359 g/mol. The van der Waals surface area contributed by atoms with Crippen LogP contribution in [0.4, 0.5) is 0 Å². The van der Waals surface area contributed by atoms with Gasteiger partial charge in [0.25, 0.3) is 0 Å². The van der Waals surface area contributed by atoms with Crippen molar-refractivity contribution in [3.05, 3.63) is 41.7 Å². The van der Waals surface area contributed by atoms with E-state index in [1.165, 1.54) is 23.7 Å². The third-order valence-corrected chi connectivity index (χ3v) is 5.15. The number of thioether (sulfide) groups is 1. The average molecular weight is 359 g/mol. The number of hydrogen-bond donors (Lipinski definition) is 1. The average Bonchev–Trinajstić information content (AvgIpc) is 3.09. The number of rotatable bonds is 7. The molecule has 25 heavy (non-hydrogen) atoms. The first-order chi connectivity index (χ1) is 12.2. The molecule has 1 saturated heterocycles. The summed E-state index contributed by atoms with van der Waals surface area (Å²) in [5.74, 6) is 1.40. The maximum atomic E-state index is 12.4. The second-order valence-corrected chi connectivity index (χ2v) is 7.18. The number of aromatic nitrogens is 3. The highest BCUT2D eigenvalue weighted by atomic mass is 32.2. The molecular weight excluding hydrogens is 334 g/mol. The lowest BCUT2D eigenvalue weighted by atomic mass is 10.1. The van der Waals surface area contributed by atoms with E-state index in [9.17, 15) is 4.79 Å². The fourth-order valence-corrected chi connectivity index (χ4v) is 3.69. The third kappa shape index (κ3) is 5.31. The first-order valence-electron chi connectivity index (χ1n) is 8.82. The highest BCUT2D eigenvalue weighted by molar-refractivity contribution is 7.99. The molecule has 2 aromatic rings. The minimum atomic E-state index is 0.176. The number of carbonyl (C=O) groups excluding carboxylic acids is 1. The number of amides is 1. The molecule has 0 radical (unpaired) electrons. The van der Waals surface area contributed by atoms with Crippen molar-refractivity contribution >= 4 is 17.7 Å². The molecule has 0 atom stereocenters. The molecule has 1 aromatic carbocycles. The lowest BCUT2D eigenvalue weighted by Crippen LogP contribution is -2.49. The standard InChI is InChI=1S/C18H25N5OS/c1-2-8-22-9-11-23(12-10-22)17(24)14-25-18-19-16(20-21-18)13-15-6-4-3-5-7-15/h3-7H,2,8-14H2,1H3,(H,19,20,21). The van der Waals surface area contributed by atoms with Crippen LogP contribution in [0, 0.1) is 0 Å². The van der Waals surface area contributed by atoms with Gasteiger partial charge in [0.15, 0.2) is 0 Å². The number of aromatic amines is 1. The fraction of sp³-hybridized carbons (Fsp3) is 0.500. The molecule has 0 saturated carbocycles. The van der Waals surface area contributed by atoms with Crippen LogP contribution in [0.15, 0.2) is 35.5 Å². The largest absolute Gasteiger partial charge is 0.339 e. The summed E-state index contributed by atoms with van der Waals surface area (Å²) in [7, 11) is 0. The molecule has 1 N–H and O–H groups in total. The van der Waals surface area contributed by atoms with Gasteiger partial charge in [0.1, 0.15) is 5.82 Å². The summed E-state index contributed by atoms with van der Waals surface area (Å²) in [4.78, 5) is 21.2. The quantitative estimate of drug-likeness (QED) is 0.767. The normalized spacial score (nSPS) is 15.5. The van der Waals surface area contributed by atoms with Crippen LogP contribution < -0.4 is 0 Å². The summed E-state index contributed by atoms with van der Waals surface area (Å²) in [6.07, 6.45) is 1.89. The lowest BCUT2D eigenvalue weighted by Gasteiger charge is -2.34.